The first kappa shape index (κ1) is 11.5. The number of nitrogens with zero attached hydrogens (tertiary/aromatic N) is 2. The van der Waals surface area contributed by atoms with E-state index in [1.54, 1.807) is 23.1 Å². The summed E-state index contributed by atoms with van der Waals surface area (Å²) in [5.41, 5.74) is 1.38. The summed E-state index contributed by atoms with van der Waals surface area (Å²) in [7, 11) is 0. The zero-order valence-electron chi connectivity index (χ0n) is 9.20. The molecule has 2 aromatic rings. The van der Waals surface area contributed by atoms with Crippen molar-refractivity contribution in [2.75, 3.05) is 5.75 Å². The van der Waals surface area contributed by atoms with Crippen molar-refractivity contribution in [1.82, 2.24) is 9.97 Å². The van der Waals surface area contributed by atoms with Crippen LogP contribution in [0.25, 0.3) is 10.2 Å². The van der Waals surface area contributed by atoms with Crippen molar-refractivity contribution >= 4 is 44.9 Å². The second-order valence-corrected chi connectivity index (χ2v) is 6.36. The second kappa shape index (κ2) is 4.59. The highest BCUT2D eigenvalue weighted by Gasteiger charge is 2.21. The SMILES string of the molecule is C=CCSc1nc(Cl)c2c3c(sc2n1)CCC3. The monoisotopic (exact) mass is 282 g/mol. The molecule has 0 N–H and O–H groups in total. The molecule has 0 fully saturated rings. The van der Waals surface area contributed by atoms with Crippen molar-refractivity contribution in [3.8, 4) is 0 Å². The Bertz CT molecular complexity index is 592. The number of halogens is 1. The number of aromatic nitrogens is 2. The van der Waals surface area contributed by atoms with Gasteiger partial charge >= 0.3 is 0 Å². The smallest absolute Gasteiger partial charge is 0.190 e. The van der Waals surface area contributed by atoms with Gasteiger partial charge in [-0.05, 0) is 24.8 Å². The number of rotatable bonds is 3. The number of thioether (sulfide) groups is 1. The zero-order chi connectivity index (χ0) is 11.8. The van der Waals surface area contributed by atoms with Gasteiger partial charge < -0.3 is 0 Å². The maximum Gasteiger partial charge on any atom is 0.190 e. The van der Waals surface area contributed by atoms with Gasteiger partial charge in [0, 0.05) is 10.6 Å². The van der Waals surface area contributed by atoms with E-state index in [0.29, 0.717) is 5.15 Å². The van der Waals surface area contributed by atoms with E-state index in [9.17, 15) is 0 Å². The van der Waals surface area contributed by atoms with Gasteiger partial charge in [-0.2, -0.15) is 0 Å². The van der Waals surface area contributed by atoms with Crippen LogP contribution in [0, 0.1) is 0 Å². The third-order valence-electron chi connectivity index (χ3n) is 2.83. The van der Waals surface area contributed by atoms with Gasteiger partial charge in [-0.25, -0.2) is 9.97 Å². The summed E-state index contributed by atoms with van der Waals surface area (Å²) < 4.78 is 0. The highest BCUT2D eigenvalue weighted by Crippen LogP contribution is 2.39. The lowest BCUT2D eigenvalue weighted by atomic mass is 10.2. The summed E-state index contributed by atoms with van der Waals surface area (Å²) in [6, 6.07) is 0. The van der Waals surface area contributed by atoms with Crippen LogP contribution in [0.2, 0.25) is 5.15 Å². The average molecular weight is 283 g/mol. The predicted molar refractivity (Wildman–Crippen MR) is 75.4 cm³/mol. The van der Waals surface area contributed by atoms with E-state index in [2.05, 4.69) is 16.5 Å². The molecule has 0 saturated carbocycles. The fourth-order valence-corrected chi connectivity index (χ4v) is 4.42. The van der Waals surface area contributed by atoms with Crippen LogP contribution in [0.1, 0.15) is 16.9 Å². The summed E-state index contributed by atoms with van der Waals surface area (Å²) in [4.78, 5) is 11.4. The molecule has 0 spiro atoms. The normalized spacial score (nSPS) is 14.2. The molecule has 1 aliphatic carbocycles. The van der Waals surface area contributed by atoms with Crippen LogP contribution < -0.4 is 0 Å². The summed E-state index contributed by atoms with van der Waals surface area (Å²) >= 11 is 9.63. The molecular formula is C12H11ClN2S2. The van der Waals surface area contributed by atoms with Gasteiger partial charge in [0.15, 0.2) is 5.16 Å². The molecule has 5 heteroatoms. The quantitative estimate of drug-likeness (QED) is 0.367. The first-order valence-electron chi connectivity index (χ1n) is 5.51. The van der Waals surface area contributed by atoms with E-state index in [0.717, 1.165) is 27.5 Å². The Hall–Kier alpha value is -0.580. The molecule has 2 heterocycles. The Labute approximate surface area is 113 Å². The first-order valence-corrected chi connectivity index (χ1v) is 7.69. The molecular weight excluding hydrogens is 272 g/mol. The van der Waals surface area contributed by atoms with Crippen LogP contribution in [0.3, 0.4) is 0 Å². The van der Waals surface area contributed by atoms with Gasteiger partial charge in [0.05, 0.1) is 5.39 Å². The Morgan fingerprint density at radius 1 is 1.41 bits per heavy atom. The summed E-state index contributed by atoms with van der Waals surface area (Å²) in [5.74, 6) is 0.812. The molecule has 0 radical (unpaired) electrons. The topological polar surface area (TPSA) is 25.8 Å². The Kier molecular flexibility index (Phi) is 3.11. The summed E-state index contributed by atoms with van der Waals surface area (Å²) in [6.07, 6.45) is 5.38. The van der Waals surface area contributed by atoms with Gasteiger partial charge in [-0.3, -0.25) is 0 Å². The Morgan fingerprint density at radius 3 is 3.12 bits per heavy atom. The number of hydrogen-bond acceptors (Lipinski definition) is 4. The Balaban J connectivity index is 2.11. The lowest BCUT2D eigenvalue weighted by molar-refractivity contribution is 0.915. The molecule has 0 unspecified atom stereocenters. The van der Waals surface area contributed by atoms with E-state index in [1.807, 2.05) is 6.08 Å². The third-order valence-corrected chi connectivity index (χ3v) is 5.13. The van der Waals surface area contributed by atoms with Crippen molar-refractivity contribution in [1.29, 1.82) is 0 Å². The number of fused-ring (bicyclic) bond motifs is 3. The molecule has 2 aromatic heterocycles. The second-order valence-electron chi connectivity index (χ2n) is 3.93. The van der Waals surface area contributed by atoms with E-state index in [-0.39, 0.29) is 0 Å². The van der Waals surface area contributed by atoms with E-state index in [1.165, 1.54) is 23.3 Å². The molecule has 2 nitrogen and oxygen atoms in total. The maximum atomic E-state index is 6.28. The average Bonchev–Trinajstić information content (AvgIpc) is 2.85. The molecule has 0 atom stereocenters. The van der Waals surface area contributed by atoms with E-state index < -0.39 is 0 Å². The number of aryl methyl sites for hydroxylation is 2. The largest absolute Gasteiger partial charge is 0.211 e. The lowest BCUT2D eigenvalue weighted by Crippen LogP contribution is -1.89. The molecule has 88 valence electrons. The minimum atomic E-state index is 0.612. The minimum Gasteiger partial charge on any atom is -0.211 e. The molecule has 0 aliphatic heterocycles. The molecule has 3 rings (SSSR count). The van der Waals surface area contributed by atoms with Gasteiger partial charge in [0.1, 0.15) is 9.98 Å². The van der Waals surface area contributed by atoms with Crippen LogP contribution in [0.4, 0.5) is 0 Å². The molecule has 1 aliphatic rings. The third kappa shape index (κ3) is 1.98. The van der Waals surface area contributed by atoms with Gasteiger partial charge in [-0.15, -0.1) is 17.9 Å². The standard InChI is InChI=1S/C12H11ClN2S2/c1-2-6-16-12-14-10(13)9-7-4-3-5-8(7)17-11(9)15-12/h2H,1,3-6H2. The summed E-state index contributed by atoms with van der Waals surface area (Å²) in [5, 5.41) is 2.45. The predicted octanol–water partition coefficient (Wildman–Crippen LogP) is 4.11. The van der Waals surface area contributed by atoms with Crippen molar-refractivity contribution in [3.63, 3.8) is 0 Å². The minimum absolute atomic E-state index is 0.612. The Morgan fingerprint density at radius 2 is 2.29 bits per heavy atom. The van der Waals surface area contributed by atoms with Crippen molar-refractivity contribution in [3.05, 3.63) is 28.2 Å². The van der Waals surface area contributed by atoms with E-state index >= 15 is 0 Å². The number of hydrogen-bond donors (Lipinski definition) is 0. The molecule has 17 heavy (non-hydrogen) atoms. The molecule has 0 aromatic carbocycles. The fourth-order valence-electron chi connectivity index (χ4n) is 2.13. The van der Waals surface area contributed by atoms with Crippen molar-refractivity contribution in [2.24, 2.45) is 0 Å². The van der Waals surface area contributed by atoms with Crippen LogP contribution in [-0.2, 0) is 12.8 Å². The van der Waals surface area contributed by atoms with E-state index in [4.69, 9.17) is 11.6 Å². The zero-order valence-corrected chi connectivity index (χ0v) is 11.6. The van der Waals surface area contributed by atoms with Crippen LogP contribution >= 0.6 is 34.7 Å². The highest BCUT2D eigenvalue weighted by molar-refractivity contribution is 7.99. The maximum absolute atomic E-state index is 6.28. The van der Waals surface area contributed by atoms with Crippen LogP contribution in [0.15, 0.2) is 17.8 Å². The molecule has 0 amide bonds. The first-order chi connectivity index (χ1) is 8.29. The van der Waals surface area contributed by atoms with Crippen LogP contribution in [0.5, 0.6) is 0 Å². The molecule has 0 saturated heterocycles. The highest BCUT2D eigenvalue weighted by atomic mass is 35.5. The van der Waals surface area contributed by atoms with Gasteiger partial charge in [0.2, 0.25) is 0 Å². The van der Waals surface area contributed by atoms with Crippen LogP contribution in [-0.4, -0.2) is 15.7 Å². The van der Waals surface area contributed by atoms with Crippen molar-refractivity contribution in [2.45, 2.75) is 24.4 Å². The van der Waals surface area contributed by atoms with Gasteiger partial charge in [0.25, 0.3) is 0 Å². The van der Waals surface area contributed by atoms with Gasteiger partial charge in [-0.1, -0.05) is 29.4 Å². The lowest BCUT2D eigenvalue weighted by Gasteiger charge is -2.00. The molecule has 0 bridgehead atoms. The van der Waals surface area contributed by atoms with Crippen molar-refractivity contribution < 1.29 is 0 Å². The summed E-state index contributed by atoms with van der Waals surface area (Å²) in [6.45, 7) is 3.69. The number of thiophene rings is 1. The fraction of sp³-hybridized carbons (Fsp3) is 0.333.